The predicted octanol–water partition coefficient (Wildman–Crippen LogP) is 3.02. The van der Waals surface area contributed by atoms with E-state index in [1.165, 1.54) is 17.2 Å². The van der Waals surface area contributed by atoms with Gasteiger partial charge in [0, 0.05) is 5.56 Å². The highest BCUT2D eigenvalue weighted by molar-refractivity contribution is 5.34. The Bertz CT molecular complexity index is 648. The van der Waals surface area contributed by atoms with Gasteiger partial charge in [-0.2, -0.15) is 0 Å². The van der Waals surface area contributed by atoms with Gasteiger partial charge in [-0.1, -0.05) is 30.3 Å². The molecule has 1 atom stereocenters. The molecule has 3 N–H and O–H groups in total. The van der Waals surface area contributed by atoms with Crippen LogP contribution in [0.15, 0.2) is 36.4 Å². The normalized spacial score (nSPS) is 16.0. The van der Waals surface area contributed by atoms with E-state index in [0.717, 1.165) is 18.9 Å². The summed E-state index contributed by atoms with van der Waals surface area (Å²) in [6.07, 6.45) is 1.45. The molecule has 1 aliphatic rings. The first-order chi connectivity index (χ1) is 10.1. The molecule has 0 amide bonds. The first kappa shape index (κ1) is 14.1. The Labute approximate surface area is 120 Å². The van der Waals surface area contributed by atoms with Crippen molar-refractivity contribution in [3.05, 3.63) is 70.5 Å². The third-order valence-corrected chi connectivity index (χ3v) is 4.13. The summed E-state index contributed by atoms with van der Waals surface area (Å²) >= 11 is 0. The average molecular weight is 292 g/mol. The third-order valence-electron chi connectivity index (χ3n) is 4.13. The predicted molar refractivity (Wildman–Crippen MR) is 73.7 cm³/mol. The summed E-state index contributed by atoms with van der Waals surface area (Å²) in [5, 5.41) is 0. The molecule has 0 saturated heterocycles. The standard InChI is InChI=1S/C16H15F3N2/c17-13-6-5-12(14(18)15(13)19)16(21-20)11-7-9-3-1-2-4-10(9)8-11/h1-6,11,16,21H,7-8,20H2. The number of rotatable bonds is 3. The number of nitrogens with one attached hydrogen (secondary N) is 1. The molecule has 0 radical (unpaired) electrons. The van der Waals surface area contributed by atoms with Gasteiger partial charge in [-0.15, -0.1) is 0 Å². The van der Waals surface area contributed by atoms with Gasteiger partial charge in [0.1, 0.15) is 0 Å². The van der Waals surface area contributed by atoms with Gasteiger partial charge in [-0.3, -0.25) is 11.3 Å². The number of halogens is 3. The maximum atomic E-state index is 14.0. The van der Waals surface area contributed by atoms with Crippen LogP contribution in [-0.2, 0) is 12.8 Å². The van der Waals surface area contributed by atoms with E-state index in [0.29, 0.717) is 0 Å². The van der Waals surface area contributed by atoms with Gasteiger partial charge >= 0.3 is 0 Å². The summed E-state index contributed by atoms with van der Waals surface area (Å²) < 4.78 is 40.4. The second kappa shape index (κ2) is 5.50. The van der Waals surface area contributed by atoms with E-state index in [4.69, 9.17) is 5.84 Å². The lowest BCUT2D eigenvalue weighted by Crippen LogP contribution is -2.35. The van der Waals surface area contributed by atoms with E-state index in [1.54, 1.807) is 0 Å². The van der Waals surface area contributed by atoms with E-state index in [2.05, 4.69) is 5.43 Å². The zero-order chi connectivity index (χ0) is 15.0. The van der Waals surface area contributed by atoms with Crippen molar-refractivity contribution in [1.29, 1.82) is 0 Å². The highest BCUT2D eigenvalue weighted by Gasteiger charge is 2.31. The molecule has 0 aliphatic heterocycles. The van der Waals surface area contributed by atoms with Crippen molar-refractivity contribution in [1.82, 2.24) is 5.43 Å². The maximum absolute atomic E-state index is 14.0. The van der Waals surface area contributed by atoms with E-state index < -0.39 is 23.5 Å². The quantitative estimate of drug-likeness (QED) is 0.518. The molecule has 1 unspecified atom stereocenters. The van der Waals surface area contributed by atoms with Crippen molar-refractivity contribution in [3.63, 3.8) is 0 Å². The summed E-state index contributed by atoms with van der Waals surface area (Å²) in [4.78, 5) is 0. The minimum Gasteiger partial charge on any atom is -0.271 e. The number of hydrazine groups is 1. The first-order valence-electron chi connectivity index (χ1n) is 6.78. The van der Waals surface area contributed by atoms with Crippen molar-refractivity contribution in [2.75, 3.05) is 0 Å². The molecule has 0 saturated carbocycles. The van der Waals surface area contributed by atoms with E-state index in [1.807, 2.05) is 24.3 Å². The van der Waals surface area contributed by atoms with E-state index >= 15 is 0 Å². The topological polar surface area (TPSA) is 38.0 Å². The zero-order valence-electron chi connectivity index (χ0n) is 11.2. The molecule has 2 aromatic rings. The van der Waals surface area contributed by atoms with Crippen LogP contribution in [0.3, 0.4) is 0 Å². The highest BCUT2D eigenvalue weighted by atomic mass is 19.2. The van der Waals surface area contributed by atoms with Gasteiger partial charge in [0.25, 0.3) is 0 Å². The lowest BCUT2D eigenvalue weighted by Gasteiger charge is -2.23. The number of fused-ring (bicyclic) bond motifs is 1. The fourth-order valence-electron chi connectivity index (χ4n) is 3.09. The Kier molecular flexibility index (Phi) is 3.69. The molecule has 3 rings (SSSR count). The van der Waals surface area contributed by atoms with Crippen LogP contribution in [0.4, 0.5) is 13.2 Å². The van der Waals surface area contributed by atoms with Crippen molar-refractivity contribution in [2.24, 2.45) is 11.8 Å². The molecule has 0 spiro atoms. The fourth-order valence-corrected chi connectivity index (χ4v) is 3.09. The van der Waals surface area contributed by atoms with Gasteiger partial charge in [-0.05, 0) is 36.0 Å². The molecule has 1 aliphatic carbocycles. The fraction of sp³-hybridized carbons (Fsp3) is 0.250. The van der Waals surface area contributed by atoms with Crippen molar-refractivity contribution in [3.8, 4) is 0 Å². The Morgan fingerprint density at radius 2 is 1.57 bits per heavy atom. The monoisotopic (exact) mass is 292 g/mol. The Balaban J connectivity index is 1.93. The minimum absolute atomic E-state index is 0.00626. The van der Waals surface area contributed by atoms with Crippen molar-refractivity contribution < 1.29 is 13.2 Å². The van der Waals surface area contributed by atoms with Crippen LogP contribution in [-0.4, -0.2) is 0 Å². The van der Waals surface area contributed by atoms with Crippen LogP contribution in [0, 0.1) is 23.4 Å². The smallest absolute Gasteiger partial charge is 0.194 e. The zero-order valence-corrected chi connectivity index (χ0v) is 11.2. The summed E-state index contributed by atoms with van der Waals surface area (Å²) in [6, 6.07) is 9.55. The van der Waals surface area contributed by atoms with Gasteiger partial charge in [0.05, 0.1) is 6.04 Å². The second-order valence-corrected chi connectivity index (χ2v) is 5.35. The van der Waals surface area contributed by atoms with Gasteiger partial charge in [-0.25, -0.2) is 13.2 Å². The summed E-state index contributed by atoms with van der Waals surface area (Å²) in [5.41, 5.74) is 4.99. The molecule has 2 nitrogen and oxygen atoms in total. The molecule has 5 heteroatoms. The summed E-state index contributed by atoms with van der Waals surface area (Å²) in [6.45, 7) is 0. The first-order valence-corrected chi connectivity index (χ1v) is 6.78. The number of hydrogen-bond donors (Lipinski definition) is 2. The van der Waals surface area contributed by atoms with Crippen LogP contribution in [0.5, 0.6) is 0 Å². The molecule has 0 fully saturated rings. The van der Waals surface area contributed by atoms with Crippen LogP contribution < -0.4 is 11.3 Å². The molecule has 110 valence electrons. The van der Waals surface area contributed by atoms with Crippen LogP contribution in [0.1, 0.15) is 22.7 Å². The molecule has 2 aromatic carbocycles. The molecular weight excluding hydrogens is 277 g/mol. The molecule has 0 aromatic heterocycles. The molecule has 0 bridgehead atoms. The SMILES string of the molecule is NNC(c1ccc(F)c(F)c1F)C1Cc2ccccc2C1. The van der Waals surface area contributed by atoms with Crippen LogP contribution in [0.2, 0.25) is 0 Å². The van der Waals surface area contributed by atoms with Crippen molar-refractivity contribution in [2.45, 2.75) is 18.9 Å². The van der Waals surface area contributed by atoms with E-state index in [-0.39, 0.29) is 11.5 Å². The highest BCUT2D eigenvalue weighted by Crippen LogP contribution is 2.36. The minimum atomic E-state index is -1.46. The van der Waals surface area contributed by atoms with Gasteiger partial charge in [0.2, 0.25) is 0 Å². The maximum Gasteiger partial charge on any atom is 0.194 e. The van der Waals surface area contributed by atoms with Gasteiger partial charge < -0.3 is 0 Å². The third kappa shape index (κ3) is 2.43. The summed E-state index contributed by atoms with van der Waals surface area (Å²) in [5.74, 6) is 1.73. The number of nitrogens with two attached hydrogens (primary N) is 1. The molecule has 21 heavy (non-hydrogen) atoms. The average Bonchev–Trinajstić information content (AvgIpc) is 2.91. The van der Waals surface area contributed by atoms with Crippen LogP contribution >= 0.6 is 0 Å². The van der Waals surface area contributed by atoms with Gasteiger partial charge in [0.15, 0.2) is 17.5 Å². The lowest BCUT2D eigenvalue weighted by molar-refractivity contribution is 0.355. The Morgan fingerprint density at radius 3 is 2.14 bits per heavy atom. The lowest BCUT2D eigenvalue weighted by atomic mass is 9.90. The number of hydrogen-bond acceptors (Lipinski definition) is 2. The van der Waals surface area contributed by atoms with E-state index in [9.17, 15) is 13.2 Å². The van der Waals surface area contributed by atoms with Crippen LogP contribution in [0.25, 0.3) is 0 Å². The second-order valence-electron chi connectivity index (χ2n) is 5.35. The Hall–Kier alpha value is -1.85. The Morgan fingerprint density at radius 1 is 0.952 bits per heavy atom. The summed E-state index contributed by atoms with van der Waals surface area (Å²) in [7, 11) is 0. The number of benzene rings is 2. The molecule has 0 heterocycles. The largest absolute Gasteiger partial charge is 0.271 e. The molecular formula is C16H15F3N2. The van der Waals surface area contributed by atoms with Crippen molar-refractivity contribution >= 4 is 0 Å².